The lowest BCUT2D eigenvalue weighted by Crippen LogP contribution is -2.53. The fourth-order valence-corrected chi connectivity index (χ4v) is 9.11. The quantitative estimate of drug-likeness (QED) is 0.266. The second-order valence-electron chi connectivity index (χ2n) is 15.0. The number of rotatable bonds is 10. The Morgan fingerprint density at radius 3 is 2.35 bits per heavy atom. The Bertz CT molecular complexity index is 1740. The molecule has 2 atom stereocenters. The standard InChI is InChI=1S/C39H49ClFN5O5/c1-43-23-32(31-8-4-5-9-36(31)43)38(48)42-35-21-34(41)26(18-33(35)40)19-37(47)46-22-28(45-16-14-44(15-17-45)27-6-2-3-7-27)20-29(46)24-51-30-12-10-25(11-13-30)39(49)50/h4-5,8-9,18,21,23,25,27-30H,2-3,6-7,10-17,19-20,22,24H2,1H3,(H,42,48)(H,49,50)/t25-,28-,29-,30-/m0/s1. The molecule has 2 saturated carbocycles. The number of carboxylic acid groups (broad SMARTS) is 1. The van der Waals surface area contributed by atoms with Gasteiger partial charge in [-0.2, -0.15) is 0 Å². The van der Waals surface area contributed by atoms with E-state index < -0.39 is 17.7 Å². The first-order valence-electron chi connectivity index (χ1n) is 18.6. The van der Waals surface area contributed by atoms with E-state index in [-0.39, 0.29) is 52.7 Å². The molecule has 3 aromatic rings. The minimum atomic E-state index is -0.746. The first kappa shape index (κ1) is 35.9. The predicted octanol–water partition coefficient (Wildman–Crippen LogP) is 5.96. The molecular formula is C39H49ClFN5O5. The predicted molar refractivity (Wildman–Crippen MR) is 195 cm³/mol. The Morgan fingerprint density at radius 2 is 1.65 bits per heavy atom. The van der Waals surface area contributed by atoms with E-state index in [4.69, 9.17) is 16.3 Å². The van der Waals surface area contributed by atoms with Gasteiger partial charge in [0.25, 0.3) is 5.91 Å². The summed E-state index contributed by atoms with van der Waals surface area (Å²) in [7, 11) is 1.86. The lowest BCUT2D eigenvalue weighted by Gasteiger charge is -2.40. The van der Waals surface area contributed by atoms with Crippen molar-refractivity contribution in [1.29, 1.82) is 0 Å². The number of ether oxygens (including phenoxy) is 1. The molecule has 10 nitrogen and oxygen atoms in total. The zero-order valence-corrected chi connectivity index (χ0v) is 30.1. The lowest BCUT2D eigenvalue weighted by atomic mass is 9.87. The second kappa shape index (κ2) is 15.6. The molecule has 51 heavy (non-hydrogen) atoms. The molecule has 0 unspecified atom stereocenters. The summed E-state index contributed by atoms with van der Waals surface area (Å²) in [6.45, 7) is 4.93. The highest BCUT2D eigenvalue weighted by Crippen LogP contribution is 2.32. The summed E-state index contributed by atoms with van der Waals surface area (Å²) >= 11 is 6.60. The van der Waals surface area contributed by atoms with Crippen LogP contribution in [0.4, 0.5) is 10.1 Å². The summed E-state index contributed by atoms with van der Waals surface area (Å²) in [5.41, 5.74) is 1.67. The van der Waals surface area contributed by atoms with Crippen LogP contribution < -0.4 is 5.32 Å². The zero-order valence-electron chi connectivity index (χ0n) is 29.4. The summed E-state index contributed by atoms with van der Waals surface area (Å²) in [6, 6.07) is 10.9. The van der Waals surface area contributed by atoms with E-state index in [1.54, 1.807) is 6.20 Å². The molecule has 2 amide bonds. The van der Waals surface area contributed by atoms with Gasteiger partial charge >= 0.3 is 5.97 Å². The first-order chi connectivity index (χ1) is 24.6. The van der Waals surface area contributed by atoms with Gasteiger partial charge in [0.2, 0.25) is 5.91 Å². The summed E-state index contributed by atoms with van der Waals surface area (Å²) in [5.74, 6) is -2.26. The molecule has 4 fully saturated rings. The van der Waals surface area contributed by atoms with Gasteiger partial charge in [-0.1, -0.05) is 42.6 Å². The number of piperazine rings is 1. The number of benzene rings is 2. The molecule has 2 aromatic carbocycles. The number of carboxylic acids is 1. The van der Waals surface area contributed by atoms with Gasteiger partial charge in [-0.3, -0.25) is 24.2 Å². The number of likely N-dealkylation sites (tertiary alicyclic amines) is 1. The fourth-order valence-electron chi connectivity index (χ4n) is 8.88. The van der Waals surface area contributed by atoms with Crippen molar-refractivity contribution in [3.05, 3.63) is 64.6 Å². The molecule has 0 bridgehead atoms. The van der Waals surface area contributed by atoms with Crippen molar-refractivity contribution in [3.63, 3.8) is 0 Å². The normalized spacial score (nSPS) is 25.1. The highest BCUT2D eigenvalue weighted by molar-refractivity contribution is 6.34. The van der Waals surface area contributed by atoms with Gasteiger partial charge in [-0.25, -0.2) is 4.39 Å². The van der Waals surface area contributed by atoms with Gasteiger partial charge in [0.05, 0.1) is 47.4 Å². The van der Waals surface area contributed by atoms with Gasteiger partial charge in [0.15, 0.2) is 0 Å². The number of hydrogen-bond donors (Lipinski definition) is 2. The van der Waals surface area contributed by atoms with Crippen molar-refractivity contribution in [3.8, 4) is 0 Å². The van der Waals surface area contributed by atoms with Gasteiger partial charge in [-0.05, 0) is 68.7 Å². The number of aromatic nitrogens is 1. The van der Waals surface area contributed by atoms with Crippen LogP contribution in [-0.2, 0) is 27.8 Å². The third-order valence-corrected chi connectivity index (χ3v) is 12.1. The Balaban J connectivity index is 1.02. The van der Waals surface area contributed by atoms with Crippen LogP contribution in [0.25, 0.3) is 10.9 Å². The molecule has 4 aliphatic rings. The highest BCUT2D eigenvalue weighted by Gasteiger charge is 2.40. The van der Waals surface area contributed by atoms with Crippen LogP contribution in [0.3, 0.4) is 0 Å². The molecule has 0 spiro atoms. The van der Waals surface area contributed by atoms with Gasteiger partial charge in [0, 0.05) is 69.0 Å². The smallest absolute Gasteiger partial charge is 0.306 e. The topological polar surface area (TPSA) is 107 Å². The molecule has 2 N–H and O–H groups in total. The number of amides is 2. The number of aliphatic carboxylic acids is 1. The van der Waals surface area contributed by atoms with Crippen LogP contribution in [0.5, 0.6) is 0 Å². The number of carbonyl (C=O) groups is 3. The zero-order chi connectivity index (χ0) is 35.6. The number of fused-ring (bicyclic) bond motifs is 1. The second-order valence-corrected chi connectivity index (χ2v) is 15.4. The Morgan fingerprint density at radius 1 is 0.961 bits per heavy atom. The van der Waals surface area contributed by atoms with Crippen molar-refractivity contribution in [1.82, 2.24) is 19.3 Å². The van der Waals surface area contributed by atoms with Crippen LogP contribution in [0.2, 0.25) is 5.02 Å². The molecule has 274 valence electrons. The maximum absolute atomic E-state index is 15.6. The minimum Gasteiger partial charge on any atom is -0.481 e. The number of halogens is 2. The third kappa shape index (κ3) is 7.96. The SMILES string of the molecule is Cn1cc(C(=O)Nc2cc(F)c(CC(=O)N3C[C@@H](N4CCN(C5CCCC5)CC4)C[C@H]3CO[C@H]3CC[C@H](C(=O)O)CC3)cc2Cl)c2ccccc21. The summed E-state index contributed by atoms with van der Waals surface area (Å²) in [5, 5.41) is 13.1. The fraction of sp³-hybridized carbons (Fsp3) is 0.564. The number of aryl methyl sites for hydroxylation is 1. The number of hydrogen-bond acceptors (Lipinski definition) is 6. The molecule has 2 aliphatic carbocycles. The Hall–Kier alpha value is -3.51. The van der Waals surface area contributed by atoms with E-state index in [0.29, 0.717) is 50.4 Å². The highest BCUT2D eigenvalue weighted by atomic mass is 35.5. The van der Waals surface area contributed by atoms with Gasteiger partial charge in [0.1, 0.15) is 5.82 Å². The maximum Gasteiger partial charge on any atom is 0.306 e. The first-order valence-corrected chi connectivity index (χ1v) is 19.0. The molecule has 2 aliphatic heterocycles. The Labute approximate surface area is 303 Å². The van der Waals surface area contributed by atoms with Crippen LogP contribution >= 0.6 is 11.6 Å². The Kier molecular flexibility index (Phi) is 11.0. The van der Waals surface area contributed by atoms with Crippen molar-refractivity contribution >= 4 is 46.0 Å². The van der Waals surface area contributed by atoms with Crippen LogP contribution in [0.1, 0.15) is 73.7 Å². The molecular weight excluding hydrogens is 673 g/mol. The molecule has 7 rings (SSSR count). The monoisotopic (exact) mass is 721 g/mol. The van der Waals surface area contributed by atoms with Crippen LogP contribution in [0.15, 0.2) is 42.6 Å². The molecule has 1 aromatic heterocycles. The largest absolute Gasteiger partial charge is 0.481 e. The molecule has 0 radical (unpaired) electrons. The molecule has 2 saturated heterocycles. The van der Waals surface area contributed by atoms with Crippen LogP contribution in [0, 0.1) is 11.7 Å². The van der Waals surface area contributed by atoms with Crippen LogP contribution in [-0.4, -0.2) is 106 Å². The third-order valence-electron chi connectivity index (χ3n) is 11.8. The van der Waals surface area contributed by atoms with Crippen molar-refractivity contribution in [2.24, 2.45) is 13.0 Å². The number of nitrogens with zero attached hydrogens (tertiary/aromatic N) is 4. The van der Waals surface area contributed by atoms with Crippen molar-refractivity contribution in [2.75, 3.05) is 44.6 Å². The van der Waals surface area contributed by atoms with E-state index in [1.807, 2.05) is 40.8 Å². The number of carbonyl (C=O) groups excluding carboxylic acids is 2. The number of para-hydroxylation sites is 1. The van der Waals surface area contributed by atoms with E-state index in [1.165, 1.54) is 37.8 Å². The molecule has 3 heterocycles. The summed E-state index contributed by atoms with van der Waals surface area (Å²) in [6.07, 6.45) is 10.1. The van der Waals surface area contributed by atoms with Crippen molar-refractivity contribution < 1.29 is 28.6 Å². The minimum absolute atomic E-state index is 0.0283. The van der Waals surface area contributed by atoms with E-state index in [9.17, 15) is 19.5 Å². The van der Waals surface area contributed by atoms with Gasteiger partial charge < -0.3 is 24.6 Å². The number of anilines is 1. The lowest BCUT2D eigenvalue weighted by molar-refractivity contribution is -0.144. The number of nitrogens with one attached hydrogen (secondary N) is 1. The average Bonchev–Trinajstić information content (AvgIpc) is 3.90. The summed E-state index contributed by atoms with van der Waals surface area (Å²) in [4.78, 5) is 45.7. The van der Waals surface area contributed by atoms with Crippen molar-refractivity contribution in [2.45, 2.75) is 88.4 Å². The summed E-state index contributed by atoms with van der Waals surface area (Å²) < 4.78 is 23.9. The van der Waals surface area contributed by atoms with Gasteiger partial charge in [-0.15, -0.1) is 0 Å². The van der Waals surface area contributed by atoms with E-state index in [0.717, 1.165) is 43.5 Å². The average molecular weight is 722 g/mol. The van der Waals surface area contributed by atoms with E-state index in [2.05, 4.69) is 15.1 Å². The van der Waals surface area contributed by atoms with E-state index >= 15 is 4.39 Å². The molecule has 12 heteroatoms. The maximum atomic E-state index is 15.6.